The number of anilines is 3. The minimum absolute atomic E-state index is 0.732. The first-order valence-corrected chi connectivity index (χ1v) is 8.68. The van der Waals surface area contributed by atoms with Crippen LogP contribution in [0, 0.1) is 0 Å². The Morgan fingerprint density at radius 1 is 1.04 bits per heavy atom. The van der Waals surface area contributed by atoms with Crippen LogP contribution in [0.5, 0.6) is 0 Å². The molecular weight excluding hydrogens is 328 g/mol. The Balaban J connectivity index is 1.49. The summed E-state index contributed by atoms with van der Waals surface area (Å²) in [5.41, 5.74) is 1.93. The van der Waals surface area contributed by atoms with Crippen LogP contribution in [-0.4, -0.2) is 42.2 Å². The highest BCUT2D eigenvalue weighted by Crippen LogP contribution is 2.24. The number of nitrogens with zero attached hydrogens (tertiary/aromatic N) is 7. The molecule has 0 aliphatic carbocycles. The van der Waals surface area contributed by atoms with Crippen LogP contribution >= 0.6 is 0 Å². The third-order valence-electron chi connectivity index (χ3n) is 4.56. The topological polar surface area (TPSA) is 76.2 Å². The van der Waals surface area contributed by atoms with E-state index in [1.807, 2.05) is 45.7 Å². The fourth-order valence-corrected chi connectivity index (χ4v) is 3.23. The van der Waals surface area contributed by atoms with E-state index in [0.717, 1.165) is 41.9 Å². The lowest BCUT2D eigenvalue weighted by Crippen LogP contribution is -2.22. The summed E-state index contributed by atoms with van der Waals surface area (Å²) in [6.45, 7) is 2.01. The maximum absolute atomic E-state index is 4.76. The normalized spacial score (nSPS) is 14.2. The second kappa shape index (κ2) is 6.14. The van der Waals surface area contributed by atoms with Crippen LogP contribution in [0.25, 0.3) is 11.2 Å². The maximum Gasteiger partial charge on any atom is 0.245 e. The summed E-state index contributed by atoms with van der Waals surface area (Å²) in [7, 11) is 0. The monoisotopic (exact) mass is 346 g/mol. The second-order valence-electron chi connectivity index (χ2n) is 6.29. The van der Waals surface area contributed by atoms with Crippen LogP contribution < -0.4 is 10.2 Å². The number of pyridine rings is 1. The predicted molar refractivity (Wildman–Crippen MR) is 99.1 cm³/mol. The van der Waals surface area contributed by atoms with E-state index in [1.165, 1.54) is 12.8 Å². The molecule has 130 valence electrons. The van der Waals surface area contributed by atoms with Crippen molar-refractivity contribution in [2.45, 2.75) is 12.8 Å². The maximum atomic E-state index is 4.76. The second-order valence-corrected chi connectivity index (χ2v) is 6.29. The summed E-state index contributed by atoms with van der Waals surface area (Å²) < 4.78 is 3.81. The van der Waals surface area contributed by atoms with E-state index in [4.69, 9.17) is 4.98 Å². The Bertz CT molecular complexity index is 1030. The summed E-state index contributed by atoms with van der Waals surface area (Å²) in [4.78, 5) is 15.5. The van der Waals surface area contributed by atoms with E-state index in [1.54, 1.807) is 18.7 Å². The number of hydrogen-bond donors (Lipinski definition) is 1. The molecule has 1 saturated heterocycles. The third-order valence-corrected chi connectivity index (χ3v) is 4.56. The summed E-state index contributed by atoms with van der Waals surface area (Å²) in [5, 5.41) is 7.97. The van der Waals surface area contributed by atoms with Crippen LogP contribution in [0.15, 0.2) is 55.4 Å². The molecule has 1 fully saturated rings. The lowest BCUT2D eigenvalue weighted by molar-refractivity contribution is 0.827. The molecule has 0 spiro atoms. The lowest BCUT2D eigenvalue weighted by Gasteiger charge is -2.16. The van der Waals surface area contributed by atoms with Gasteiger partial charge in [0.2, 0.25) is 5.95 Å². The quantitative estimate of drug-likeness (QED) is 0.612. The molecule has 8 nitrogen and oxygen atoms in total. The van der Waals surface area contributed by atoms with Gasteiger partial charge in [0.15, 0.2) is 5.82 Å². The molecule has 1 aliphatic rings. The van der Waals surface area contributed by atoms with Crippen molar-refractivity contribution in [2.24, 2.45) is 0 Å². The molecule has 0 aromatic carbocycles. The van der Waals surface area contributed by atoms with Gasteiger partial charge in [-0.15, -0.1) is 5.10 Å². The molecule has 5 heterocycles. The van der Waals surface area contributed by atoms with Gasteiger partial charge in [-0.2, -0.15) is 4.98 Å². The molecule has 0 amide bonds. The number of rotatable bonds is 4. The zero-order valence-electron chi connectivity index (χ0n) is 14.2. The Kier molecular flexibility index (Phi) is 3.52. The molecule has 26 heavy (non-hydrogen) atoms. The Morgan fingerprint density at radius 3 is 2.73 bits per heavy atom. The van der Waals surface area contributed by atoms with E-state index in [0.29, 0.717) is 0 Å². The van der Waals surface area contributed by atoms with Crippen molar-refractivity contribution < 1.29 is 0 Å². The highest BCUT2D eigenvalue weighted by Gasteiger charge is 2.18. The fraction of sp³-hybridized carbons (Fsp3) is 0.222. The number of aromatic nitrogens is 6. The van der Waals surface area contributed by atoms with E-state index < -0.39 is 0 Å². The standard InChI is InChI=1S/C18H18N8/c1-2-10-24(9-1)18-22-17(15-4-3-11-26(15)23-18)21-16-12-25(13-20-16)14-5-7-19-8-6-14/h3-8,11-13H,1-2,9-10H2,(H,21,22,23). The first-order chi connectivity index (χ1) is 12.9. The van der Waals surface area contributed by atoms with Crippen molar-refractivity contribution in [3.05, 3.63) is 55.4 Å². The highest BCUT2D eigenvalue weighted by atomic mass is 15.4. The van der Waals surface area contributed by atoms with Crippen LogP contribution in [0.2, 0.25) is 0 Å². The molecule has 4 aromatic rings. The zero-order chi connectivity index (χ0) is 17.3. The van der Waals surface area contributed by atoms with E-state index >= 15 is 0 Å². The van der Waals surface area contributed by atoms with Crippen molar-refractivity contribution >= 4 is 23.1 Å². The van der Waals surface area contributed by atoms with Crippen LogP contribution in [0.1, 0.15) is 12.8 Å². The molecule has 4 aromatic heterocycles. The predicted octanol–water partition coefficient (Wildman–Crippen LogP) is 2.65. The minimum Gasteiger partial charge on any atom is -0.340 e. The number of imidazole rings is 1. The Morgan fingerprint density at radius 2 is 1.88 bits per heavy atom. The SMILES string of the molecule is c1cc2c(Nc3cn(-c4ccncc4)cn3)nc(N3CCCC3)nn2c1. The van der Waals surface area contributed by atoms with Gasteiger partial charge in [-0.25, -0.2) is 9.50 Å². The minimum atomic E-state index is 0.732. The molecule has 0 bridgehead atoms. The summed E-state index contributed by atoms with van der Waals surface area (Å²) in [5.74, 6) is 2.24. The molecule has 0 atom stereocenters. The lowest BCUT2D eigenvalue weighted by atomic mass is 10.4. The van der Waals surface area contributed by atoms with E-state index in [9.17, 15) is 0 Å². The van der Waals surface area contributed by atoms with Gasteiger partial charge in [0.25, 0.3) is 0 Å². The highest BCUT2D eigenvalue weighted by molar-refractivity contribution is 5.73. The van der Waals surface area contributed by atoms with Crippen molar-refractivity contribution in [1.29, 1.82) is 0 Å². The van der Waals surface area contributed by atoms with Gasteiger partial charge in [-0.3, -0.25) is 4.98 Å². The van der Waals surface area contributed by atoms with E-state index in [2.05, 4.69) is 25.3 Å². The molecular formula is C18H18N8. The first kappa shape index (κ1) is 14.9. The van der Waals surface area contributed by atoms with Crippen LogP contribution in [0.4, 0.5) is 17.6 Å². The van der Waals surface area contributed by atoms with Crippen molar-refractivity contribution in [3.8, 4) is 5.69 Å². The van der Waals surface area contributed by atoms with Gasteiger partial charge in [0, 0.05) is 37.4 Å². The Labute approximate surface area is 150 Å². The average molecular weight is 346 g/mol. The van der Waals surface area contributed by atoms with Crippen LogP contribution in [-0.2, 0) is 0 Å². The van der Waals surface area contributed by atoms with Crippen LogP contribution in [0.3, 0.4) is 0 Å². The molecule has 0 radical (unpaired) electrons. The molecule has 1 N–H and O–H groups in total. The van der Waals surface area contributed by atoms with Gasteiger partial charge in [0.05, 0.1) is 6.20 Å². The number of fused-ring (bicyclic) bond motifs is 1. The van der Waals surface area contributed by atoms with E-state index in [-0.39, 0.29) is 0 Å². The molecule has 5 rings (SSSR count). The Hall–Kier alpha value is -3.42. The molecule has 0 saturated carbocycles. The molecule has 8 heteroatoms. The van der Waals surface area contributed by atoms with Crippen molar-refractivity contribution in [1.82, 2.24) is 29.1 Å². The van der Waals surface area contributed by atoms with Gasteiger partial charge < -0.3 is 14.8 Å². The van der Waals surface area contributed by atoms with Crippen molar-refractivity contribution in [2.75, 3.05) is 23.3 Å². The fourth-order valence-electron chi connectivity index (χ4n) is 3.23. The first-order valence-electron chi connectivity index (χ1n) is 8.68. The molecule has 0 unspecified atom stereocenters. The van der Waals surface area contributed by atoms with Gasteiger partial charge in [-0.1, -0.05) is 0 Å². The van der Waals surface area contributed by atoms with Gasteiger partial charge in [-0.05, 0) is 37.1 Å². The largest absolute Gasteiger partial charge is 0.340 e. The average Bonchev–Trinajstić information content (AvgIpc) is 3.43. The summed E-state index contributed by atoms with van der Waals surface area (Å²) in [6, 6.07) is 7.84. The number of hydrogen-bond acceptors (Lipinski definition) is 6. The molecule has 1 aliphatic heterocycles. The van der Waals surface area contributed by atoms with Gasteiger partial charge in [0.1, 0.15) is 17.7 Å². The number of nitrogens with one attached hydrogen (secondary N) is 1. The summed E-state index contributed by atoms with van der Waals surface area (Å²) in [6.07, 6.45) is 11.6. The smallest absolute Gasteiger partial charge is 0.245 e. The third kappa shape index (κ3) is 2.65. The van der Waals surface area contributed by atoms with Gasteiger partial charge >= 0.3 is 0 Å². The summed E-state index contributed by atoms with van der Waals surface area (Å²) >= 11 is 0. The zero-order valence-corrected chi connectivity index (χ0v) is 14.2. The van der Waals surface area contributed by atoms with Crippen molar-refractivity contribution in [3.63, 3.8) is 0 Å².